The van der Waals surface area contributed by atoms with Gasteiger partial charge in [0.2, 0.25) is 11.8 Å². The van der Waals surface area contributed by atoms with E-state index < -0.39 is 0 Å². The smallest absolute Gasteiger partial charge is 0.236 e. The van der Waals surface area contributed by atoms with Crippen molar-refractivity contribution in [3.8, 4) is 0 Å². The van der Waals surface area contributed by atoms with Crippen LogP contribution in [0.1, 0.15) is 42.7 Å². The maximum absolute atomic E-state index is 12.6. The third-order valence-electron chi connectivity index (χ3n) is 5.63. The lowest BCUT2D eigenvalue weighted by atomic mass is 9.95. The Morgan fingerprint density at radius 3 is 2.35 bits per heavy atom. The summed E-state index contributed by atoms with van der Waals surface area (Å²) in [7, 11) is 1.94. The van der Waals surface area contributed by atoms with Gasteiger partial charge in [-0.05, 0) is 46.6 Å². The van der Waals surface area contributed by atoms with Gasteiger partial charge < -0.3 is 14.3 Å². The molecule has 1 aromatic rings. The second-order valence-corrected chi connectivity index (χ2v) is 7.66. The summed E-state index contributed by atoms with van der Waals surface area (Å²) in [5.41, 5.74) is 1.93. The highest BCUT2D eigenvalue weighted by atomic mass is 16.5. The van der Waals surface area contributed by atoms with Crippen molar-refractivity contribution in [1.29, 1.82) is 0 Å². The van der Waals surface area contributed by atoms with Gasteiger partial charge in [-0.2, -0.15) is 0 Å². The fraction of sp³-hybridized carbons (Fsp3) is 0.737. The molecule has 2 fully saturated rings. The lowest BCUT2D eigenvalue weighted by Gasteiger charge is -2.34. The number of hydrogen-bond donors (Lipinski definition) is 0. The molecule has 0 N–H and O–H groups in total. The Kier molecular flexibility index (Phi) is 5.96. The Hall–Kier alpha value is -1.89. The van der Waals surface area contributed by atoms with Gasteiger partial charge in [-0.3, -0.25) is 14.5 Å². The molecule has 2 aliphatic heterocycles. The lowest BCUT2D eigenvalue weighted by molar-refractivity contribution is -0.140. The normalized spacial score (nSPS) is 18.8. The number of aryl methyl sites for hydroxylation is 2. The topological polar surface area (TPSA) is 69.9 Å². The van der Waals surface area contributed by atoms with Crippen molar-refractivity contribution in [2.45, 2.75) is 46.1 Å². The number of hydrogen-bond acceptors (Lipinski definition) is 5. The summed E-state index contributed by atoms with van der Waals surface area (Å²) in [5, 5.41) is 3.96. The summed E-state index contributed by atoms with van der Waals surface area (Å²) in [6.07, 6.45) is 3.82. The van der Waals surface area contributed by atoms with Crippen molar-refractivity contribution in [2.24, 2.45) is 5.92 Å². The Labute approximate surface area is 155 Å². The Morgan fingerprint density at radius 1 is 1.12 bits per heavy atom. The van der Waals surface area contributed by atoms with E-state index in [0.717, 1.165) is 55.8 Å². The highest BCUT2D eigenvalue weighted by Crippen LogP contribution is 2.22. The number of likely N-dealkylation sites (N-methyl/N-ethyl adjacent to an activating group) is 1. The quantitative estimate of drug-likeness (QED) is 0.795. The van der Waals surface area contributed by atoms with Crippen LogP contribution in [0.4, 0.5) is 0 Å². The summed E-state index contributed by atoms with van der Waals surface area (Å²) < 4.78 is 5.19. The minimum Gasteiger partial charge on any atom is -0.361 e. The molecule has 0 saturated carbocycles. The predicted octanol–water partition coefficient (Wildman–Crippen LogP) is 1.58. The zero-order chi connectivity index (χ0) is 18.7. The minimum absolute atomic E-state index is 0.0946. The molecule has 0 bridgehead atoms. The molecule has 0 radical (unpaired) electrons. The molecule has 2 aliphatic rings. The van der Waals surface area contributed by atoms with E-state index in [2.05, 4.69) is 5.16 Å². The number of amides is 2. The molecule has 1 aromatic heterocycles. The maximum atomic E-state index is 12.6. The van der Waals surface area contributed by atoms with E-state index in [1.54, 1.807) is 0 Å². The first-order chi connectivity index (χ1) is 12.5. The molecule has 0 aliphatic carbocycles. The van der Waals surface area contributed by atoms with Crippen molar-refractivity contribution in [2.75, 3.05) is 39.8 Å². The van der Waals surface area contributed by atoms with Crippen molar-refractivity contribution < 1.29 is 14.1 Å². The van der Waals surface area contributed by atoms with Gasteiger partial charge in [0, 0.05) is 44.2 Å². The third kappa shape index (κ3) is 4.26. The SMILES string of the molecule is Cc1noc(C)c1CN(C)CC(=O)N1CCC(C(=O)N2CCCC2)CC1. The number of carbonyl (C=O) groups is 2. The van der Waals surface area contributed by atoms with E-state index in [4.69, 9.17) is 4.52 Å². The number of aromatic nitrogens is 1. The number of likely N-dealkylation sites (tertiary alicyclic amines) is 2. The molecule has 7 nitrogen and oxygen atoms in total. The highest BCUT2D eigenvalue weighted by Gasteiger charge is 2.31. The number of rotatable bonds is 5. The lowest BCUT2D eigenvalue weighted by Crippen LogP contribution is -2.46. The van der Waals surface area contributed by atoms with Crippen molar-refractivity contribution in [1.82, 2.24) is 19.9 Å². The van der Waals surface area contributed by atoms with Gasteiger partial charge in [-0.15, -0.1) is 0 Å². The predicted molar refractivity (Wildman–Crippen MR) is 97.4 cm³/mol. The maximum Gasteiger partial charge on any atom is 0.236 e. The summed E-state index contributed by atoms with van der Waals surface area (Å²) in [6, 6.07) is 0. The van der Waals surface area contributed by atoms with Crippen LogP contribution < -0.4 is 0 Å². The molecule has 0 unspecified atom stereocenters. The van der Waals surface area contributed by atoms with Gasteiger partial charge in [0.05, 0.1) is 12.2 Å². The monoisotopic (exact) mass is 362 g/mol. The van der Waals surface area contributed by atoms with Crippen molar-refractivity contribution in [3.63, 3.8) is 0 Å². The second kappa shape index (κ2) is 8.20. The Balaban J connectivity index is 1.45. The van der Waals surface area contributed by atoms with E-state index in [9.17, 15) is 9.59 Å². The van der Waals surface area contributed by atoms with Gasteiger partial charge in [0.1, 0.15) is 5.76 Å². The third-order valence-corrected chi connectivity index (χ3v) is 5.63. The van der Waals surface area contributed by atoms with E-state index in [1.165, 1.54) is 0 Å². The fourth-order valence-corrected chi connectivity index (χ4v) is 3.96. The first kappa shape index (κ1) is 18.9. The van der Waals surface area contributed by atoms with Crippen LogP contribution in [-0.4, -0.2) is 71.4 Å². The van der Waals surface area contributed by atoms with Gasteiger partial charge in [-0.25, -0.2) is 0 Å². The molecule has 0 aromatic carbocycles. The minimum atomic E-state index is 0.0946. The molecule has 7 heteroatoms. The summed E-state index contributed by atoms with van der Waals surface area (Å²) in [4.78, 5) is 31.0. The molecule has 0 spiro atoms. The molecule has 0 atom stereocenters. The number of carbonyl (C=O) groups excluding carboxylic acids is 2. The first-order valence-electron chi connectivity index (χ1n) is 9.62. The van der Waals surface area contributed by atoms with Gasteiger partial charge in [0.15, 0.2) is 0 Å². The highest BCUT2D eigenvalue weighted by molar-refractivity contribution is 5.81. The average Bonchev–Trinajstić information content (AvgIpc) is 3.27. The van der Waals surface area contributed by atoms with Crippen LogP contribution in [0.3, 0.4) is 0 Å². The van der Waals surface area contributed by atoms with Crippen molar-refractivity contribution in [3.05, 3.63) is 17.0 Å². The summed E-state index contributed by atoms with van der Waals surface area (Å²) in [6.45, 7) is 8.02. The average molecular weight is 362 g/mol. The van der Waals surface area contributed by atoms with E-state index in [-0.39, 0.29) is 11.8 Å². The molecule has 3 heterocycles. The molecule has 3 rings (SSSR count). The number of nitrogens with zero attached hydrogens (tertiary/aromatic N) is 4. The molecule has 144 valence electrons. The zero-order valence-corrected chi connectivity index (χ0v) is 16.2. The van der Waals surface area contributed by atoms with Gasteiger partial charge >= 0.3 is 0 Å². The molecule has 26 heavy (non-hydrogen) atoms. The second-order valence-electron chi connectivity index (χ2n) is 7.66. The van der Waals surface area contributed by atoms with Crippen LogP contribution in [0.2, 0.25) is 0 Å². The van der Waals surface area contributed by atoms with E-state index in [0.29, 0.717) is 32.1 Å². The largest absolute Gasteiger partial charge is 0.361 e. The molecule has 2 amide bonds. The molecular formula is C19H30N4O3. The van der Waals surface area contributed by atoms with Crippen LogP contribution in [0.5, 0.6) is 0 Å². The van der Waals surface area contributed by atoms with E-state index in [1.807, 2.05) is 35.6 Å². The van der Waals surface area contributed by atoms with Gasteiger partial charge in [0.25, 0.3) is 0 Å². The van der Waals surface area contributed by atoms with Crippen LogP contribution >= 0.6 is 0 Å². The van der Waals surface area contributed by atoms with Crippen LogP contribution in [0.15, 0.2) is 4.52 Å². The van der Waals surface area contributed by atoms with Gasteiger partial charge in [-0.1, -0.05) is 5.16 Å². The Morgan fingerprint density at radius 2 is 1.77 bits per heavy atom. The summed E-state index contributed by atoms with van der Waals surface area (Å²) in [5.74, 6) is 1.33. The zero-order valence-electron chi connectivity index (χ0n) is 16.2. The first-order valence-corrected chi connectivity index (χ1v) is 9.62. The molecule has 2 saturated heterocycles. The fourth-order valence-electron chi connectivity index (χ4n) is 3.96. The Bertz CT molecular complexity index is 624. The standard InChI is InChI=1S/C19H30N4O3/c1-14-17(15(2)26-20-14)12-21(3)13-18(24)22-10-6-16(7-11-22)19(25)23-8-4-5-9-23/h16H,4-13H2,1-3H3. The van der Waals surface area contributed by atoms with E-state index >= 15 is 0 Å². The summed E-state index contributed by atoms with van der Waals surface area (Å²) >= 11 is 0. The van der Waals surface area contributed by atoms with Crippen LogP contribution in [0.25, 0.3) is 0 Å². The van der Waals surface area contributed by atoms with Crippen molar-refractivity contribution >= 4 is 11.8 Å². The van der Waals surface area contributed by atoms with Crippen LogP contribution in [-0.2, 0) is 16.1 Å². The molecular weight excluding hydrogens is 332 g/mol. The number of piperidine rings is 1. The van der Waals surface area contributed by atoms with Crippen LogP contribution in [0, 0.1) is 19.8 Å².